The molecule has 0 saturated carbocycles. The average molecular weight is 234 g/mol. The van der Waals surface area contributed by atoms with E-state index >= 15 is 0 Å². The van der Waals surface area contributed by atoms with E-state index in [1.807, 2.05) is 0 Å². The lowest BCUT2D eigenvalue weighted by Crippen LogP contribution is -2.35. The lowest BCUT2D eigenvalue weighted by atomic mass is 10.0. The molecule has 0 aromatic heterocycles. The number of morpholine rings is 1. The molecule has 1 aromatic rings. The van der Waals surface area contributed by atoms with Gasteiger partial charge in [0.15, 0.2) is 0 Å². The summed E-state index contributed by atoms with van der Waals surface area (Å²) >= 11 is 0. The fourth-order valence-corrected chi connectivity index (χ4v) is 2.36. The Morgan fingerprint density at radius 2 is 2.29 bits per heavy atom. The number of anilines is 1. The number of ether oxygens (including phenoxy) is 2. The quantitative estimate of drug-likeness (QED) is 0.791. The van der Waals surface area contributed by atoms with Crippen LogP contribution in [0.5, 0.6) is 5.75 Å². The van der Waals surface area contributed by atoms with Crippen LogP contribution in [0.2, 0.25) is 0 Å². The van der Waals surface area contributed by atoms with Crippen LogP contribution < -0.4 is 15.0 Å². The number of nitrogens with zero attached hydrogens (tertiary/aromatic N) is 1. The number of nitrogens with one attached hydrogen (secondary N) is 1. The first kappa shape index (κ1) is 10.9. The molecule has 2 aliphatic heterocycles. The summed E-state index contributed by atoms with van der Waals surface area (Å²) < 4.78 is 11.1. The fraction of sp³-hybridized carbons (Fsp3) is 0.538. The molecule has 0 amide bonds. The van der Waals surface area contributed by atoms with Gasteiger partial charge in [-0.15, -0.1) is 0 Å². The SMILES string of the molecule is CN1CCOc2ccc(C3COCCN3)cc21. The number of fused-ring (bicyclic) bond motifs is 1. The van der Waals surface area contributed by atoms with E-state index in [1.165, 1.54) is 11.3 Å². The van der Waals surface area contributed by atoms with Crippen LogP contribution in [0.1, 0.15) is 11.6 Å². The molecule has 4 heteroatoms. The van der Waals surface area contributed by atoms with Gasteiger partial charge in [0, 0.05) is 13.6 Å². The van der Waals surface area contributed by atoms with Crippen molar-refractivity contribution in [2.75, 3.05) is 44.9 Å². The standard InChI is InChI=1S/C13H18N2O2/c1-15-5-7-17-13-3-2-10(8-12(13)15)11-9-16-6-4-14-11/h2-3,8,11,14H,4-7,9H2,1H3. The van der Waals surface area contributed by atoms with Gasteiger partial charge in [-0.2, -0.15) is 0 Å². The average Bonchev–Trinajstić information content (AvgIpc) is 2.40. The summed E-state index contributed by atoms with van der Waals surface area (Å²) in [6.45, 7) is 4.21. The maximum absolute atomic E-state index is 5.64. The van der Waals surface area contributed by atoms with Crippen molar-refractivity contribution in [2.24, 2.45) is 0 Å². The smallest absolute Gasteiger partial charge is 0.142 e. The number of likely N-dealkylation sites (N-methyl/N-ethyl adjacent to an activating group) is 1. The number of rotatable bonds is 1. The third-order valence-electron chi connectivity index (χ3n) is 3.40. The van der Waals surface area contributed by atoms with Crippen LogP contribution in [0.25, 0.3) is 0 Å². The summed E-state index contributed by atoms with van der Waals surface area (Å²) in [6.07, 6.45) is 0. The van der Waals surface area contributed by atoms with Crippen molar-refractivity contribution in [1.29, 1.82) is 0 Å². The van der Waals surface area contributed by atoms with E-state index in [0.29, 0.717) is 6.04 Å². The maximum atomic E-state index is 5.64. The van der Waals surface area contributed by atoms with Crippen molar-refractivity contribution in [3.63, 3.8) is 0 Å². The fourth-order valence-electron chi connectivity index (χ4n) is 2.36. The lowest BCUT2D eigenvalue weighted by Gasteiger charge is -2.30. The molecule has 1 atom stereocenters. The lowest BCUT2D eigenvalue weighted by molar-refractivity contribution is 0.0768. The Kier molecular flexibility index (Phi) is 2.91. The summed E-state index contributed by atoms with van der Waals surface area (Å²) in [6, 6.07) is 6.71. The van der Waals surface area contributed by atoms with Crippen LogP contribution in [0.3, 0.4) is 0 Å². The largest absolute Gasteiger partial charge is 0.490 e. The minimum absolute atomic E-state index is 0.310. The van der Waals surface area contributed by atoms with Gasteiger partial charge in [-0.1, -0.05) is 6.07 Å². The Bertz CT molecular complexity index is 402. The highest BCUT2D eigenvalue weighted by Crippen LogP contribution is 2.33. The van der Waals surface area contributed by atoms with Gasteiger partial charge < -0.3 is 19.7 Å². The van der Waals surface area contributed by atoms with Crippen molar-refractivity contribution in [3.05, 3.63) is 23.8 Å². The summed E-state index contributed by atoms with van der Waals surface area (Å²) in [5.74, 6) is 0.985. The Labute approximate surface area is 102 Å². The Morgan fingerprint density at radius 1 is 1.35 bits per heavy atom. The second-order valence-corrected chi connectivity index (χ2v) is 4.58. The zero-order chi connectivity index (χ0) is 11.7. The molecule has 1 N–H and O–H groups in total. The molecule has 0 aliphatic carbocycles. The Hall–Kier alpha value is -1.26. The highest BCUT2D eigenvalue weighted by atomic mass is 16.5. The van der Waals surface area contributed by atoms with E-state index in [9.17, 15) is 0 Å². The van der Waals surface area contributed by atoms with E-state index < -0.39 is 0 Å². The Balaban J connectivity index is 1.88. The molecule has 92 valence electrons. The van der Waals surface area contributed by atoms with Gasteiger partial charge in [0.25, 0.3) is 0 Å². The zero-order valence-electron chi connectivity index (χ0n) is 10.1. The van der Waals surface area contributed by atoms with E-state index in [-0.39, 0.29) is 0 Å². The van der Waals surface area contributed by atoms with Crippen molar-refractivity contribution in [3.8, 4) is 5.75 Å². The highest BCUT2D eigenvalue weighted by Gasteiger charge is 2.20. The maximum Gasteiger partial charge on any atom is 0.142 e. The minimum atomic E-state index is 0.310. The van der Waals surface area contributed by atoms with Crippen molar-refractivity contribution in [2.45, 2.75) is 6.04 Å². The molecular weight excluding hydrogens is 216 g/mol. The summed E-state index contributed by atoms with van der Waals surface area (Å²) in [5, 5.41) is 3.47. The molecule has 2 heterocycles. The molecule has 1 fully saturated rings. The van der Waals surface area contributed by atoms with Gasteiger partial charge in [0.1, 0.15) is 12.4 Å². The van der Waals surface area contributed by atoms with Gasteiger partial charge in [-0.3, -0.25) is 0 Å². The van der Waals surface area contributed by atoms with E-state index in [1.54, 1.807) is 0 Å². The molecule has 1 saturated heterocycles. The second-order valence-electron chi connectivity index (χ2n) is 4.58. The van der Waals surface area contributed by atoms with Gasteiger partial charge in [-0.25, -0.2) is 0 Å². The van der Waals surface area contributed by atoms with Gasteiger partial charge in [0.2, 0.25) is 0 Å². The first-order valence-electron chi connectivity index (χ1n) is 6.13. The topological polar surface area (TPSA) is 33.7 Å². The van der Waals surface area contributed by atoms with Crippen molar-refractivity contribution in [1.82, 2.24) is 5.32 Å². The van der Waals surface area contributed by atoms with E-state index in [0.717, 1.165) is 38.7 Å². The van der Waals surface area contributed by atoms with Crippen LogP contribution in [-0.2, 0) is 4.74 Å². The summed E-state index contributed by atoms with van der Waals surface area (Å²) in [5.41, 5.74) is 2.46. The number of benzene rings is 1. The molecule has 0 bridgehead atoms. The third-order valence-corrected chi connectivity index (χ3v) is 3.40. The molecule has 3 rings (SSSR count). The van der Waals surface area contributed by atoms with Crippen LogP contribution in [0, 0.1) is 0 Å². The second kappa shape index (κ2) is 4.55. The molecule has 2 aliphatic rings. The summed E-state index contributed by atoms with van der Waals surface area (Å²) in [7, 11) is 2.11. The molecule has 17 heavy (non-hydrogen) atoms. The van der Waals surface area contributed by atoms with Crippen LogP contribution in [-0.4, -0.2) is 40.0 Å². The zero-order valence-corrected chi connectivity index (χ0v) is 10.1. The molecular formula is C13H18N2O2. The molecule has 0 spiro atoms. The monoisotopic (exact) mass is 234 g/mol. The molecule has 1 aromatic carbocycles. The van der Waals surface area contributed by atoms with Gasteiger partial charge >= 0.3 is 0 Å². The first-order valence-corrected chi connectivity index (χ1v) is 6.13. The predicted molar refractivity (Wildman–Crippen MR) is 66.8 cm³/mol. The predicted octanol–water partition coefficient (Wildman–Crippen LogP) is 1.18. The molecule has 1 unspecified atom stereocenters. The van der Waals surface area contributed by atoms with E-state index in [2.05, 4.69) is 35.5 Å². The number of hydrogen-bond donors (Lipinski definition) is 1. The van der Waals surface area contributed by atoms with E-state index in [4.69, 9.17) is 9.47 Å². The van der Waals surface area contributed by atoms with Crippen LogP contribution in [0.15, 0.2) is 18.2 Å². The summed E-state index contributed by atoms with van der Waals surface area (Å²) in [4.78, 5) is 2.24. The first-order chi connectivity index (χ1) is 8.34. The van der Waals surface area contributed by atoms with Gasteiger partial charge in [0.05, 0.1) is 31.5 Å². The molecule has 0 radical (unpaired) electrons. The van der Waals surface area contributed by atoms with Crippen LogP contribution >= 0.6 is 0 Å². The van der Waals surface area contributed by atoms with Crippen LogP contribution in [0.4, 0.5) is 5.69 Å². The third kappa shape index (κ3) is 2.10. The van der Waals surface area contributed by atoms with Crippen molar-refractivity contribution >= 4 is 5.69 Å². The molecule has 4 nitrogen and oxygen atoms in total. The number of hydrogen-bond acceptors (Lipinski definition) is 4. The Morgan fingerprint density at radius 3 is 3.12 bits per heavy atom. The van der Waals surface area contributed by atoms with Crippen molar-refractivity contribution < 1.29 is 9.47 Å². The highest BCUT2D eigenvalue weighted by molar-refractivity contribution is 5.61. The van der Waals surface area contributed by atoms with Gasteiger partial charge in [-0.05, 0) is 17.7 Å². The minimum Gasteiger partial charge on any atom is -0.490 e. The normalized spacial score (nSPS) is 24.1.